The van der Waals surface area contributed by atoms with Crippen LogP contribution in [-0.4, -0.2) is 12.6 Å². The minimum atomic E-state index is 0.0437. The molecule has 0 radical (unpaired) electrons. The summed E-state index contributed by atoms with van der Waals surface area (Å²) in [6.07, 6.45) is 13.4. The molecule has 2 saturated carbocycles. The van der Waals surface area contributed by atoms with E-state index in [4.69, 9.17) is 4.74 Å². The van der Waals surface area contributed by atoms with Crippen LogP contribution in [-0.2, 0) is 9.53 Å². The molecule has 0 aromatic carbocycles. The van der Waals surface area contributed by atoms with E-state index in [0.717, 1.165) is 36.0 Å². The summed E-state index contributed by atoms with van der Waals surface area (Å²) in [7, 11) is 0. The fraction of sp³-hybridized carbons (Fsp3) is 0.824. The third-order valence-electron chi connectivity index (χ3n) is 6.44. The highest BCUT2D eigenvalue weighted by atomic mass is 16.5. The standard InChI is InChI=1S/C17H24O2/c18-17-9-8-14-12(10-19-17)5-7-15-13-3-1-2-11(13)4-6-16(14)15/h1-2,11-16H,3-10H2. The van der Waals surface area contributed by atoms with E-state index in [1.54, 1.807) is 0 Å². The minimum absolute atomic E-state index is 0.0437. The number of cyclic esters (lactones) is 1. The van der Waals surface area contributed by atoms with E-state index < -0.39 is 0 Å². The molecule has 0 bridgehead atoms. The number of rotatable bonds is 0. The van der Waals surface area contributed by atoms with E-state index in [2.05, 4.69) is 12.2 Å². The second-order valence-corrected chi connectivity index (χ2v) is 7.12. The number of allylic oxidation sites excluding steroid dienone is 2. The molecule has 4 rings (SSSR count). The molecule has 2 heteroatoms. The molecule has 3 fully saturated rings. The second kappa shape index (κ2) is 4.64. The van der Waals surface area contributed by atoms with Crippen molar-refractivity contribution >= 4 is 5.97 Å². The molecule has 0 aromatic rings. The van der Waals surface area contributed by atoms with E-state index in [9.17, 15) is 4.79 Å². The Bertz CT molecular complexity index is 400. The summed E-state index contributed by atoms with van der Waals surface area (Å²) in [6.45, 7) is 0.707. The van der Waals surface area contributed by atoms with E-state index in [-0.39, 0.29) is 5.97 Å². The van der Waals surface area contributed by atoms with Crippen LogP contribution in [0.4, 0.5) is 0 Å². The predicted octanol–water partition coefficient (Wildman–Crippen LogP) is 3.57. The minimum Gasteiger partial charge on any atom is -0.465 e. The number of carbonyl (C=O) groups excluding carboxylic acids is 1. The monoisotopic (exact) mass is 260 g/mol. The van der Waals surface area contributed by atoms with Gasteiger partial charge in [-0.3, -0.25) is 4.79 Å². The molecule has 6 unspecified atom stereocenters. The van der Waals surface area contributed by atoms with Gasteiger partial charge in [0.05, 0.1) is 6.61 Å². The number of hydrogen-bond acceptors (Lipinski definition) is 2. The van der Waals surface area contributed by atoms with Gasteiger partial charge in [-0.1, -0.05) is 12.2 Å². The van der Waals surface area contributed by atoms with Gasteiger partial charge in [0.1, 0.15) is 0 Å². The molecule has 1 heterocycles. The molecule has 104 valence electrons. The van der Waals surface area contributed by atoms with Gasteiger partial charge in [0, 0.05) is 6.42 Å². The first-order chi connectivity index (χ1) is 9.33. The summed E-state index contributed by atoms with van der Waals surface area (Å²) in [5.41, 5.74) is 0. The summed E-state index contributed by atoms with van der Waals surface area (Å²) in [5, 5.41) is 0. The molecule has 19 heavy (non-hydrogen) atoms. The molecule has 0 amide bonds. The molecule has 1 aliphatic heterocycles. The summed E-state index contributed by atoms with van der Waals surface area (Å²) in [5.74, 6) is 5.10. The zero-order chi connectivity index (χ0) is 12.8. The summed E-state index contributed by atoms with van der Waals surface area (Å²) >= 11 is 0. The molecule has 2 nitrogen and oxygen atoms in total. The van der Waals surface area contributed by atoms with Crippen LogP contribution in [0.5, 0.6) is 0 Å². The van der Waals surface area contributed by atoms with Gasteiger partial charge in [0.25, 0.3) is 0 Å². The van der Waals surface area contributed by atoms with Crippen molar-refractivity contribution in [1.82, 2.24) is 0 Å². The van der Waals surface area contributed by atoms with Crippen molar-refractivity contribution < 1.29 is 9.53 Å². The van der Waals surface area contributed by atoms with Crippen molar-refractivity contribution in [2.45, 2.75) is 44.9 Å². The second-order valence-electron chi connectivity index (χ2n) is 7.12. The van der Waals surface area contributed by atoms with Crippen molar-refractivity contribution in [2.24, 2.45) is 35.5 Å². The van der Waals surface area contributed by atoms with Crippen LogP contribution in [0.1, 0.15) is 44.9 Å². The topological polar surface area (TPSA) is 26.3 Å². The summed E-state index contributed by atoms with van der Waals surface area (Å²) in [4.78, 5) is 11.5. The Morgan fingerprint density at radius 3 is 2.74 bits per heavy atom. The third kappa shape index (κ3) is 1.95. The highest BCUT2D eigenvalue weighted by Crippen LogP contribution is 2.54. The zero-order valence-corrected chi connectivity index (χ0v) is 11.6. The van der Waals surface area contributed by atoms with Crippen molar-refractivity contribution in [3.63, 3.8) is 0 Å². The van der Waals surface area contributed by atoms with Crippen LogP contribution >= 0.6 is 0 Å². The maximum Gasteiger partial charge on any atom is 0.305 e. The maximum atomic E-state index is 11.5. The van der Waals surface area contributed by atoms with Gasteiger partial charge in [0.2, 0.25) is 0 Å². The average molecular weight is 260 g/mol. The molecular weight excluding hydrogens is 236 g/mol. The van der Waals surface area contributed by atoms with Crippen LogP contribution < -0.4 is 0 Å². The van der Waals surface area contributed by atoms with Crippen molar-refractivity contribution in [3.8, 4) is 0 Å². The normalized spacial score (nSPS) is 48.7. The predicted molar refractivity (Wildman–Crippen MR) is 73.4 cm³/mol. The molecule has 0 aromatic heterocycles. The van der Waals surface area contributed by atoms with E-state index >= 15 is 0 Å². The Morgan fingerprint density at radius 2 is 1.79 bits per heavy atom. The van der Waals surface area contributed by atoms with Gasteiger partial charge < -0.3 is 4.74 Å². The van der Waals surface area contributed by atoms with Gasteiger partial charge in [-0.25, -0.2) is 0 Å². The van der Waals surface area contributed by atoms with Crippen LogP contribution in [0.3, 0.4) is 0 Å². The number of ether oxygens (including phenoxy) is 1. The first kappa shape index (κ1) is 12.0. The van der Waals surface area contributed by atoms with Gasteiger partial charge in [-0.05, 0) is 74.0 Å². The zero-order valence-electron chi connectivity index (χ0n) is 11.6. The van der Waals surface area contributed by atoms with Gasteiger partial charge in [-0.15, -0.1) is 0 Å². The Balaban J connectivity index is 1.55. The summed E-state index contributed by atoms with van der Waals surface area (Å²) in [6, 6.07) is 0. The lowest BCUT2D eigenvalue weighted by molar-refractivity contribution is -0.143. The van der Waals surface area contributed by atoms with Crippen molar-refractivity contribution in [1.29, 1.82) is 0 Å². The van der Waals surface area contributed by atoms with E-state index in [1.165, 1.54) is 32.1 Å². The molecule has 3 aliphatic carbocycles. The maximum absolute atomic E-state index is 11.5. The molecular formula is C17H24O2. The van der Waals surface area contributed by atoms with Crippen LogP contribution in [0.2, 0.25) is 0 Å². The average Bonchev–Trinajstić information content (AvgIpc) is 2.83. The summed E-state index contributed by atoms with van der Waals surface area (Å²) < 4.78 is 5.39. The van der Waals surface area contributed by atoms with Crippen LogP contribution in [0.15, 0.2) is 12.2 Å². The molecule has 0 N–H and O–H groups in total. The lowest BCUT2D eigenvalue weighted by Gasteiger charge is -2.49. The highest BCUT2D eigenvalue weighted by molar-refractivity contribution is 5.69. The first-order valence-electron chi connectivity index (χ1n) is 8.15. The molecule has 4 aliphatic rings. The Kier molecular flexibility index (Phi) is 2.93. The number of hydrogen-bond donors (Lipinski definition) is 0. The van der Waals surface area contributed by atoms with E-state index in [1.807, 2.05) is 0 Å². The molecule has 6 atom stereocenters. The molecule has 0 spiro atoms. The fourth-order valence-electron chi connectivity index (χ4n) is 5.59. The number of esters is 1. The largest absolute Gasteiger partial charge is 0.465 e. The third-order valence-corrected chi connectivity index (χ3v) is 6.44. The van der Waals surface area contributed by atoms with E-state index in [0.29, 0.717) is 18.9 Å². The number of carbonyl (C=O) groups is 1. The Hall–Kier alpha value is -0.790. The lowest BCUT2D eigenvalue weighted by atomic mass is 9.56. The van der Waals surface area contributed by atoms with Crippen LogP contribution in [0, 0.1) is 35.5 Å². The Morgan fingerprint density at radius 1 is 0.947 bits per heavy atom. The lowest BCUT2D eigenvalue weighted by Crippen LogP contribution is -2.43. The van der Waals surface area contributed by atoms with Crippen molar-refractivity contribution in [2.75, 3.05) is 6.61 Å². The Labute approximate surface area is 115 Å². The van der Waals surface area contributed by atoms with Crippen LogP contribution in [0.25, 0.3) is 0 Å². The first-order valence-corrected chi connectivity index (χ1v) is 8.15. The van der Waals surface area contributed by atoms with Gasteiger partial charge in [0.15, 0.2) is 0 Å². The highest BCUT2D eigenvalue weighted by Gasteiger charge is 2.47. The quantitative estimate of drug-likeness (QED) is 0.491. The van der Waals surface area contributed by atoms with Gasteiger partial charge in [-0.2, -0.15) is 0 Å². The van der Waals surface area contributed by atoms with Gasteiger partial charge >= 0.3 is 5.97 Å². The SMILES string of the molecule is O=C1CCC2C(CCC3C4CC=CC4CCC23)CO1. The number of fused-ring (bicyclic) bond motifs is 5. The smallest absolute Gasteiger partial charge is 0.305 e. The fourth-order valence-corrected chi connectivity index (χ4v) is 5.59. The molecule has 1 saturated heterocycles. The van der Waals surface area contributed by atoms with Crippen molar-refractivity contribution in [3.05, 3.63) is 12.2 Å².